The summed E-state index contributed by atoms with van der Waals surface area (Å²) >= 11 is 0. The van der Waals surface area contributed by atoms with Gasteiger partial charge in [-0.05, 0) is 43.4 Å². The fraction of sp³-hybridized carbons (Fsp3) is 0.500. The Hall–Kier alpha value is -1.84. The standard InChI is InChI=1S/C16H21NO3/c1-11-7-8-13(16(19)20)10-14(11)17-15(18)9-12-5-3-2-4-6-12/h7-8,10,12H,2-6,9H2,1H3,(H,17,18)(H,19,20). The minimum absolute atomic E-state index is 0.0115. The molecule has 1 aliphatic rings. The third kappa shape index (κ3) is 3.83. The van der Waals surface area contributed by atoms with Gasteiger partial charge in [-0.1, -0.05) is 25.3 Å². The number of carbonyl (C=O) groups is 2. The number of rotatable bonds is 4. The Bertz CT molecular complexity index is 504. The molecule has 1 fully saturated rings. The number of carbonyl (C=O) groups excluding carboxylic acids is 1. The van der Waals surface area contributed by atoms with Crippen LogP contribution in [-0.4, -0.2) is 17.0 Å². The lowest BCUT2D eigenvalue weighted by Crippen LogP contribution is -2.19. The Labute approximate surface area is 119 Å². The van der Waals surface area contributed by atoms with Gasteiger partial charge in [0.15, 0.2) is 0 Å². The van der Waals surface area contributed by atoms with Gasteiger partial charge >= 0.3 is 5.97 Å². The van der Waals surface area contributed by atoms with Crippen LogP contribution in [0.1, 0.15) is 54.4 Å². The molecule has 20 heavy (non-hydrogen) atoms. The van der Waals surface area contributed by atoms with Crippen molar-refractivity contribution in [1.29, 1.82) is 0 Å². The van der Waals surface area contributed by atoms with Gasteiger partial charge in [-0.15, -0.1) is 0 Å². The van der Waals surface area contributed by atoms with Crippen molar-refractivity contribution >= 4 is 17.6 Å². The maximum Gasteiger partial charge on any atom is 0.335 e. The zero-order chi connectivity index (χ0) is 14.5. The van der Waals surface area contributed by atoms with Crippen molar-refractivity contribution in [1.82, 2.24) is 0 Å². The molecular formula is C16H21NO3. The second kappa shape index (κ2) is 6.55. The number of hydrogen-bond donors (Lipinski definition) is 2. The maximum absolute atomic E-state index is 12.1. The average Bonchev–Trinajstić information content (AvgIpc) is 2.42. The molecule has 2 rings (SSSR count). The molecule has 0 spiro atoms. The Morgan fingerprint density at radius 2 is 1.95 bits per heavy atom. The molecule has 0 saturated heterocycles. The SMILES string of the molecule is Cc1ccc(C(=O)O)cc1NC(=O)CC1CCCCC1. The molecule has 108 valence electrons. The molecule has 0 atom stereocenters. The lowest BCUT2D eigenvalue weighted by Gasteiger charge is -2.21. The summed E-state index contributed by atoms with van der Waals surface area (Å²) < 4.78 is 0. The zero-order valence-corrected chi connectivity index (χ0v) is 11.8. The van der Waals surface area contributed by atoms with E-state index >= 15 is 0 Å². The summed E-state index contributed by atoms with van der Waals surface area (Å²) in [6.45, 7) is 1.86. The molecule has 1 saturated carbocycles. The van der Waals surface area contributed by atoms with Gasteiger partial charge < -0.3 is 10.4 Å². The number of nitrogens with one attached hydrogen (secondary N) is 1. The fourth-order valence-corrected chi connectivity index (χ4v) is 2.74. The van der Waals surface area contributed by atoms with Crippen molar-refractivity contribution in [2.75, 3.05) is 5.32 Å². The van der Waals surface area contributed by atoms with Crippen molar-refractivity contribution < 1.29 is 14.7 Å². The number of hydrogen-bond acceptors (Lipinski definition) is 2. The Kier molecular flexibility index (Phi) is 4.77. The highest BCUT2D eigenvalue weighted by molar-refractivity contribution is 5.94. The minimum atomic E-state index is -0.979. The molecule has 0 heterocycles. The van der Waals surface area contributed by atoms with Crippen LogP contribution in [0.4, 0.5) is 5.69 Å². The molecular weight excluding hydrogens is 254 g/mol. The number of carboxylic acid groups (broad SMARTS) is 1. The lowest BCUT2D eigenvalue weighted by atomic mass is 9.87. The van der Waals surface area contributed by atoms with Gasteiger partial charge in [-0.3, -0.25) is 4.79 Å². The quantitative estimate of drug-likeness (QED) is 0.882. The topological polar surface area (TPSA) is 66.4 Å². The van der Waals surface area contributed by atoms with Crippen molar-refractivity contribution in [3.63, 3.8) is 0 Å². The molecule has 0 aliphatic heterocycles. The van der Waals surface area contributed by atoms with E-state index in [1.165, 1.54) is 25.3 Å². The molecule has 4 nitrogen and oxygen atoms in total. The third-order valence-corrected chi connectivity index (χ3v) is 3.96. The van der Waals surface area contributed by atoms with Crippen LogP contribution in [0, 0.1) is 12.8 Å². The summed E-state index contributed by atoms with van der Waals surface area (Å²) in [5, 5.41) is 11.8. The highest BCUT2D eigenvalue weighted by Crippen LogP contribution is 2.27. The number of carboxylic acids is 1. The third-order valence-electron chi connectivity index (χ3n) is 3.96. The average molecular weight is 275 g/mol. The van der Waals surface area contributed by atoms with Crippen LogP contribution in [0.5, 0.6) is 0 Å². The predicted octanol–water partition coefficient (Wildman–Crippen LogP) is 3.60. The Balaban J connectivity index is 1.99. The fourth-order valence-electron chi connectivity index (χ4n) is 2.74. The first kappa shape index (κ1) is 14.6. The van der Waals surface area contributed by atoms with Crippen LogP contribution >= 0.6 is 0 Å². The van der Waals surface area contributed by atoms with E-state index in [4.69, 9.17) is 5.11 Å². The van der Waals surface area contributed by atoms with Crippen LogP contribution < -0.4 is 5.32 Å². The van der Waals surface area contributed by atoms with Gasteiger partial charge in [-0.25, -0.2) is 4.79 Å². The smallest absolute Gasteiger partial charge is 0.335 e. The number of aromatic carboxylic acids is 1. The lowest BCUT2D eigenvalue weighted by molar-refractivity contribution is -0.117. The maximum atomic E-state index is 12.1. The number of aryl methyl sites for hydroxylation is 1. The predicted molar refractivity (Wildman–Crippen MR) is 78.0 cm³/mol. The van der Waals surface area contributed by atoms with E-state index in [9.17, 15) is 9.59 Å². The van der Waals surface area contributed by atoms with Gasteiger partial charge in [0.25, 0.3) is 0 Å². The highest BCUT2D eigenvalue weighted by Gasteiger charge is 2.17. The second-order valence-electron chi connectivity index (χ2n) is 5.59. The van der Waals surface area contributed by atoms with Crippen LogP contribution in [0.25, 0.3) is 0 Å². The summed E-state index contributed by atoms with van der Waals surface area (Å²) in [4.78, 5) is 23.0. The van der Waals surface area contributed by atoms with Crippen LogP contribution in [0.3, 0.4) is 0 Å². The summed E-state index contributed by atoms with van der Waals surface area (Å²) in [6.07, 6.45) is 6.49. The molecule has 1 amide bonds. The molecule has 1 aromatic rings. The van der Waals surface area contributed by atoms with Gasteiger partial charge in [-0.2, -0.15) is 0 Å². The van der Waals surface area contributed by atoms with E-state index in [-0.39, 0.29) is 11.5 Å². The van der Waals surface area contributed by atoms with E-state index in [1.807, 2.05) is 6.92 Å². The first-order valence-corrected chi connectivity index (χ1v) is 7.20. The molecule has 1 aromatic carbocycles. The molecule has 1 aliphatic carbocycles. The van der Waals surface area contributed by atoms with Gasteiger partial charge in [0.2, 0.25) is 5.91 Å². The van der Waals surface area contributed by atoms with Crippen molar-refractivity contribution in [3.05, 3.63) is 29.3 Å². The monoisotopic (exact) mass is 275 g/mol. The first-order chi connectivity index (χ1) is 9.56. The first-order valence-electron chi connectivity index (χ1n) is 7.20. The highest BCUT2D eigenvalue weighted by atomic mass is 16.4. The second-order valence-corrected chi connectivity index (χ2v) is 5.59. The van der Waals surface area contributed by atoms with Gasteiger partial charge in [0, 0.05) is 12.1 Å². The molecule has 0 radical (unpaired) electrons. The summed E-state index contributed by atoms with van der Waals surface area (Å²) in [5.74, 6) is -0.512. The number of anilines is 1. The van der Waals surface area contributed by atoms with Crippen molar-refractivity contribution in [2.24, 2.45) is 5.92 Å². The Morgan fingerprint density at radius 1 is 1.25 bits per heavy atom. The van der Waals surface area contributed by atoms with Gasteiger partial charge in [0.1, 0.15) is 0 Å². The van der Waals surface area contributed by atoms with Crippen LogP contribution in [-0.2, 0) is 4.79 Å². The normalized spacial score (nSPS) is 15.8. The molecule has 2 N–H and O–H groups in total. The van der Waals surface area contributed by atoms with E-state index in [1.54, 1.807) is 12.1 Å². The summed E-state index contributed by atoms with van der Waals surface area (Å²) in [6, 6.07) is 4.80. The number of amides is 1. The summed E-state index contributed by atoms with van der Waals surface area (Å²) in [5.41, 5.74) is 1.68. The molecule has 0 bridgehead atoms. The largest absolute Gasteiger partial charge is 0.478 e. The van der Waals surface area contributed by atoms with Crippen molar-refractivity contribution in [3.8, 4) is 0 Å². The Morgan fingerprint density at radius 3 is 2.60 bits per heavy atom. The molecule has 0 unspecified atom stereocenters. The molecule has 4 heteroatoms. The van der Waals surface area contributed by atoms with E-state index in [0.29, 0.717) is 18.0 Å². The van der Waals surface area contributed by atoms with E-state index < -0.39 is 5.97 Å². The minimum Gasteiger partial charge on any atom is -0.478 e. The van der Waals surface area contributed by atoms with E-state index in [0.717, 1.165) is 18.4 Å². The zero-order valence-electron chi connectivity index (χ0n) is 11.8. The van der Waals surface area contributed by atoms with Gasteiger partial charge in [0.05, 0.1) is 5.56 Å². The van der Waals surface area contributed by atoms with E-state index in [2.05, 4.69) is 5.32 Å². The summed E-state index contributed by atoms with van der Waals surface area (Å²) in [7, 11) is 0. The van der Waals surface area contributed by atoms with Crippen molar-refractivity contribution in [2.45, 2.75) is 45.4 Å². The number of benzene rings is 1. The van der Waals surface area contributed by atoms with Crippen LogP contribution in [0.15, 0.2) is 18.2 Å². The van der Waals surface area contributed by atoms with Crippen LogP contribution in [0.2, 0.25) is 0 Å². The molecule has 0 aromatic heterocycles.